The van der Waals surface area contributed by atoms with Crippen molar-refractivity contribution < 1.29 is 4.42 Å². The second kappa shape index (κ2) is 9.05. The van der Waals surface area contributed by atoms with Crippen molar-refractivity contribution in [1.82, 2.24) is 10.3 Å². The number of furan rings is 1. The molecule has 0 radical (unpaired) electrons. The Morgan fingerprint density at radius 2 is 1.82 bits per heavy atom. The maximum Gasteiger partial charge on any atom is 0.174 e. The number of halogens is 2. The third kappa shape index (κ3) is 4.25. The second-order valence-electron chi connectivity index (χ2n) is 8.12. The Morgan fingerprint density at radius 3 is 2.55 bits per heavy atom. The summed E-state index contributed by atoms with van der Waals surface area (Å²) in [5, 5.41) is 4.13. The van der Waals surface area contributed by atoms with Crippen LogP contribution in [-0.4, -0.2) is 10.1 Å². The molecule has 2 aromatic heterocycles. The Hall–Kier alpha value is -2.48. The van der Waals surface area contributed by atoms with Crippen LogP contribution >= 0.6 is 44.1 Å². The van der Waals surface area contributed by atoms with E-state index in [9.17, 15) is 0 Å². The van der Waals surface area contributed by atoms with E-state index in [4.69, 9.17) is 16.6 Å². The number of anilines is 1. The van der Waals surface area contributed by atoms with E-state index >= 15 is 0 Å². The van der Waals surface area contributed by atoms with Gasteiger partial charge >= 0.3 is 0 Å². The summed E-state index contributed by atoms with van der Waals surface area (Å²) in [6.45, 7) is 4.15. The minimum atomic E-state index is -0.189. The second-order valence-corrected chi connectivity index (χ2v) is 10.2. The molecule has 2 aromatic carbocycles. The first kappa shape index (κ1) is 22.3. The molecule has 1 N–H and O–H groups in total. The molecule has 7 heteroatoms. The molecule has 166 valence electrons. The molecule has 33 heavy (non-hydrogen) atoms. The van der Waals surface area contributed by atoms with E-state index in [1.807, 2.05) is 30.3 Å². The maximum absolute atomic E-state index is 6.47. The topological polar surface area (TPSA) is 41.3 Å². The lowest BCUT2D eigenvalue weighted by Gasteiger charge is -2.26. The lowest BCUT2D eigenvalue weighted by Crippen LogP contribution is -2.29. The highest BCUT2D eigenvalue weighted by Crippen LogP contribution is 2.44. The molecule has 2 atom stereocenters. The molecule has 1 aliphatic heterocycles. The SMILES string of the molecule is Cc1ccc(-c2ccc([C@H]3[C@H](c4ccccn4)NC(=S)N3c3ccc(Br)c(C)c3)o2)c(Br)c1. The average Bonchev–Trinajstić information content (AvgIpc) is 3.41. The quantitative estimate of drug-likeness (QED) is 0.250. The zero-order valence-electron chi connectivity index (χ0n) is 18.0. The van der Waals surface area contributed by atoms with Crippen LogP contribution in [0.4, 0.5) is 5.69 Å². The van der Waals surface area contributed by atoms with E-state index in [1.54, 1.807) is 6.20 Å². The van der Waals surface area contributed by atoms with Crippen molar-refractivity contribution in [2.45, 2.75) is 25.9 Å². The van der Waals surface area contributed by atoms with Crippen molar-refractivity contribution in [2.24, 2.45) is 0 Å². The standard InChI is InChI=1S/C26H21Br2N3OS/c1-15-6-8-18(20(28)13-15)22-10-11-23(32-22)25-24(21-5-3-4-12-29-21)30-26(33)31(25)17-7-9-19(27)16(2)14-17/h3-14,24-25H,1-2H3,(H,30,33)/t24-,25-/m0/s1. The molecule has 0 saturated carbocycles. The average molecular weight is 583 g/mol. The molecule has 3 heterocycles. The molecular weight excluding hydrogens is 562 g/mol. The first-order valence-electron chi connectivity index (χ1n) is 10.6. The van der Waals surface area contributed by atoms with Crippen molar-refractivity contribution in [3.8, 4) is 11.3 Å². The Kier molecular flexibility index (Phi) is 6.12. The first-order valence-corrected chi connectivity index (χ1v) is 12.5. The Balaban J connectivity index is 1.61. The highest BCUT2D eigenvalue weighted by Gasteiger charge is 2.42. The van der Waals surface area contributed by atoms with Crippen LogP contribution in [0.1, 0.15) is 34.7 Å². The van der Waals surface area contributed by atoms with Gasteiger partial charge in [0.15, 0.2) is 5.11 Å². The summed E-state index contributed by atoms with van der Waals surface area (Å²) in [6.07, 6.45) is 1.81. The highest BCUT2D eigenvalue weighted by molar-refractivity contribution is 9.10. The largest absolute Gasteiger partial charge is 0.459 e. The van der Waals surface area contributed by atoms with Gasteiger partial charge in [-0.1, -0.05) is 44.0 Å². The number of aryl methyl sites for hydroxylation is 2. The zero-order valence-corrected chi connectivity index (χ0v) is 22.0. The van der Waals surface area contributed by atoms with E-state index in [0.29, 0.717) is 5.11 Å². The third-order valence-electron chi connectivity index (χ3n) is 5.83. The number of rotatable bonds is 4. The van der Waals surface area contributed by atoms with E-state index in [0.717, 1.165) is 43.0 Å². The van der Waals surface area contributed by atoms with Gasteiger partial charge in [0, 0.05) is 26.4 Å². The fraction of sp³-hybridized carbons (Fsp3) is 0.154. The first-order chi connectivity index (χ1) is 15.9. The van der Waals surface area contributed by atoms with E-state index in [2.05, 4.69) is 97.3 Å². The Bertz CT molecular complexity index is 1340. The molecular formula is C26H21Br2N3OS. The van der Waals surface area contributed by atoms with Gasteiger partial charge in [-0.2, -0.15) is 0 Å². The lowest BCUT2D eigenvalue weighted by atomic mass is 10.0. The van der Waals surface area contributed by atoms with Crippen molar-refractivity contribution in [2.75, 3.05) is 4.90 Å². The predicted octanol–water partition coefficient (Wildman–Crippen LogP) is 7.66. The van der Waals surface area contributed by atoms with Gasteiger partial charge in [0.2, 0.25) is 0 Å². The number of hydrogen-bond donors (Lipinski definition) is 1. The van der Waals surface area contributed by atoms with E-state index in [-0.39, 0.29) is 12.1 Å². The molecule has 1 fully saturated rings. The molecule has 1 aliphatic rings. The molecule has 0 unspecified atom stereocenters. The fourth-order valence-corrected chi connectivity index (χ4v) is 5.46. The van der Waals surface area contributed by atoms with Crippen LogP contribution in [0.3, 0.4) is 0 Å². The minimum Gasteiger partial charge on any atom is -0.459 e. The molecule has 1 saturated heterocycles. The van der Waals surface area contributed by atoms with Crippen molar-refractivity contribution in [3.63, 3.8) is 0 Å². The van der Waals surface area contributed by atoms with E-state index < -0.39 is 0 Å². The van der Waals surface area contributed by atoms with E-state index in [1.165, 1.54) is 5.56 Å². The summed E-state index contributed by atoms with van der Waals surface area (Å²) in [6, 6.07) is 22.2. The molecule has 0 aliphatic carbocycles. The van der Waals surface area contributed by atoms with Crippen LogP contribution in [0.2, 0.25) is 0 Å². The third-order valence-corrected chi connectivity index (χ3v) is 7.69. The summed E-state index contributed by atoms with van der Waals surface area (Å²) >= 11 is 13.1. The van der Waals surface area contributed by atoms with Gasteiger partial charge in [-0.05, 0) is 91.8 Å². The van der Waals surface area contributed by atoms with Gasteiger partial charge in [-0.25, -0.2) is 0 Å². The van der Waals surface area contributed by atoms with Crippen LogP contribution in [0.25, 0.3) is 11.3 Å². The molecule has 0 spiro atoms. The zero-order chi connectivity index (χ0) is 23.1. The van der Waals surface area contributed by atoms with Crippen LogP contribution in [0.5, 0.6) is 0 Å². The minimum absolute atomic E-state index is 0.150. The number of nitrogens with zero attached hydrogens (tertiary/aromatic N) is 2. The molecule has 0 bridgehead atoms. The van der Waals surface area contributed by atoms with Crippen LogP contribution in [-0.2, 0) is 0 Å². The van der Waals surface area contributed by atoms with Crippen molar-refractivity contribution in [1.29, 1.82) is 0 Å². The highest BCUT2D eigenvalue weighted by atomic mass is 79.9. The molecule has 0 amide bonds. The van der Waals surface area contributed by atoms with Crippen LogP contribution < -0.4 is 10.2 Å². The van der Waals surface area contributed by atoms with Crippen molar-refractivity contribution >= 4 is 54.9 Å². The number of pyridine rings is 1. The number of nitrogens with one attached hydrogen (secondary N) is 1. The molecule has 4 nitrogen and oxygen atoms in total. The van der Waals surface area contributed by atoms with Gasteiger partial charge in [-0.15, -0.1) is 0 Å². The summed E-state index contributed by atoms with van der Waals surface area (Å²) in [5.74, 6) is 1.63. The van der Waals surface area contributed by atoms with Crippen LogP contribution in [0.15, 0.2) is 86.3 Å². The predicted molar refractivity (Wildman–Crippen MR) is 143 cm³/mol. The van der Waals surface area contributed by atoms with Gasteiger partial charge < -0.3 is 14.6 Å². The summed E-state index contributed by atoms with van der Waals surface area (Å²) in [7, 11) is 0. The smallest absolute Gasteiger partial charge is 0.174 e. The number of thiocarbonyl (C=S) groups is 1. The number of benzene rings is 2. The molecule has 5 rings (SSSR count). The summed E-state index contributed by atoms with van der Waals surface area (Å²) < 4.78 is 8.54. The van der Waals surface area contributed by atoms with Gasteiger partial charge in [0.25, 0.3) is 0 Å². The molecule has 4 aromatic rings. The monoisotopic (exact) mass is 581 g/mol. The fourth-order valence-electron chi connectivity index (χ4n) is 4.18. The number of aromatic nitrogens is 1. The summed E-state index contributed by atoms with van der Waals surface area (Å²) in [5.41, 5.74) is 5.26. The Morgan fingerprint density at radius 1 is 0.970 bits per heavy atom. The van der Waals surface area contributed by atoms with Gasteiger partial charge in [0.05, 0.1) is 11.7 Å². The summed E-state index contributed by atoms with van der Waals surface area (Å²) in [4.78, 5) is 6.74. The Labute approximate surface area is 215 Å². The van der Waals surface area contributed by atoms with Crippen LogP contribution in [0, 0.1) is 13.8 Å². The number of hydrogen-bond acceptors (Lipinski definition) is 3. The van der Waals surface area contributed by atoms with Gasteiger partial charge in [-0.3, -0.25) is 4.98 Å². The van der Waals surface area contributed by atoms with Crippen molar-refractivity contribution in [3.05, 3.63) is 104 Å². The normalized spacial score (nSPS) is 17.9. The van der Waals surface area contributed by atoms with Gasteiger partial charge in [0.1, 0.15) is 17.6 Å². The maximum atomic E-state index is 6.47. The lowest BCUT2D eigenvalue weighted by molar-refractivity contribution is 0.439.